The van der Waals surface area contributed by atoms with Gasteiger partial charge >= 0.3 is 6.03 Å². The Bertz CT molecular complexity index is 1000. The van der Waals surface area contributed by atoms with E-state index in [4.69, 9.17) is 14.2 Å². The Morgan fingerprint density at radius 1 is 1.09 bits per heavy atom. The number of piperidine rings is 1. The number of carbonyl (C=O) groups is 2. The van der Waals surface area contributed by atoms with E-state index in [1.807, 2.05) is 49.5 Å². The van der Waals surface area contributed by atoms with E-state index in [0.29, 0.717) is 36.7 Å². The zero-order chi connectivity index (χ0) is 22.1. The van der Waals surface area contributed by atoms with Crippen LogP contribution in [0.2, 0.25) is 0 Å². The first-order valence-corrected chi connectivity index (χ1v) is 11.0. The summed E-state index contributed by atoms with van der Waals surface area (Å²) in [6, 6.07) is 15.0. The number of hydrogen-bond donors (Lipinski definition) is 1. The molecule has 32 heavy (non-hydrogen) atoms. The Labute approximate surface area is 187 Å². The molecule has 5 rings (SSSR count). The standard InChI is InChI=1S/C24H27N3O5/c1-26-11-9-24(10-12-26)22(28)27(23(29)25-24)14-19-16-31-20-8-7-18(13-21(20)32-19)30-15-17-5-3-2-4-6-17/h2-8,13,19H,9-12,14-16H2,1H3,(H,25,29)/t19-/m1/s1. The maximum Gasteiger partial charge on any atom is 0.325 e. The third-order valence-corrected chi connectivity index (χ3v) is 6.35. The van der Waals surface area contributed by atoms with Crippen LogP contribution >= 0.6 is 0 Å². The van der Waals surface area contributed by atoms with Gasteiger partial charge < -0.3 is 24.4 Å². The van der Waals surface area contributed by atoms with Crippen LogP contribution in [-0.2, 0) is 11.4 Å². The van der Waals surface area contributed by atoms with E-state index in [0.717, 1.165) is 18.7 Å². The van der Waals surface area contributed by atoms with E-state index < -0.39 is 11.6 Å². The van der Waals surface area contributed by atoms with Crippen molar-refractivity contribution in [2.75, 3.05) is 33.3 Å². The van der Waals surface area contributed by atoms with Gasteiger partial charge in [-0.15, -0.1) is 0 Å². The van der Waals surface area contributed by atoms with E-state index in [9.17, 15) is 9.59 Å². The number of nitrogens with one attached hydrogen (secondary N) is 1. The number of amides is 3. The van der Waals surface area contributed by atoms with Crippen molar-refractivity contribution in [3.8, 4) is 17.2 Å². The Kier molecular flexibility index (Phi) is 5.38. The van der Waals surface area contributed by atoms with Crippen molar-refractivity contribution in [1.82, 2.24) is 15.1 Å². The van der Waals surface area contributed by atoms with Gasteiger partial charge in [0.1, 0.15) is 24.5 Å². The van der Waals surface area contributed by atoms with Crippen LogP contribution in [-0.4, -0.2) is 66.7 Å². The van der Waals surface area contributed by atoms with E-state index in [1.54, 1.807) is 6.07 Å². The SMILES string of the molecule is CN1CCC2(CC1)NC(=O)N(C[C@@H]1COc3ccc(OCc4ccccc4)cc3O1)C2=O. The Balaban J connectivity index is 1.23. The fourth-order valence-corrected chi connectivity index (χ4v) is 4.40. The van der Waals surface area contributed by atoms with E-state index in [-0.39, 0.29) is 25.1 Å². The Morgan fingerprint density at radius 2 is 1.88 bits per heavy atom. The fourth-order valence-electron chi connectivity index (χ4n) is 4.40. The number of rotatable bonds is 5. The maximum atomic E-state index is 13.1. The van der Waals surface area contributed by atoms with Crippen molar-refractivity contribution in [3.63, 3.8) is 0 Å². The molecule has 2 fully saturated rings. The van der Waals surface area contributed by atoms with Gasteiger partial charge in [-0.1, -0.05) is 30.3 Å². The molecular formula is C24H27N3O5. The number of urea groups is 1. The topological polar surface area (TPSA) is 80.3 Å². The van der Waals surface area contributed by atoms with Gasteiger partial charge in [0.15, 0.2) is 17.6 Å². The number of ether oxygens (including phenoxy) is 3. The minimum Gasteiger partial charge on any atom is -0.489 e. The van der Waals surface area contributed by atoms with Crippen LogP contribution in [0.1, 0.15) is 18.4 Å². The molecule has 1 spiro atoms. The third kappa shape index (κ3) is 3.98. The minimum atomic E-state index is -0.782. The monoisotopic (exact) mass is 437 g/mol. The lowest BCUT2D eigenvalue weighted by molar-refractivity contribution is -0.133. The highest BCUT2D eigenvalue weighted by Crippen LogP contribution is 2.36. The predicted molar refractivity (Wildman–Crippen MR) is 117 cm³/mol. The lowest BCUT2D eigenvalue weighted by Gasteiger charge is -2.35. The van der Waals surface area contributed by atoms with Crippen LogP contribution in [0, 0.1) is 0 Å². The lowest BCUT2D eigenvalue weighted by atomic mass is 9.87. The lowest BCUT2D eigenvalue weighted by Crippen LogP contribution is -2.54. The van der Waals surface area contributed by atoms with Gasteiger partial charge in [0, 0.05) is 19.2 Å². The van der Waals surface area contributed by atoms with Crippen LogP contribution in [0.25, 0.3) is 0 Å². The number of imide groups is 1. The Morgan fingerprint density at radius 3 is 2.66 bits per heavy atom. The average Bonchev–Trinajstić information content (AvgIpc) is 3.04. The summed E-state index contributed by atoms with van der Waals surface area (Å²) >= 11 is 0. The van der Waals surface area contributed by atoms with Crippen molar-refractivity contribution < 1.29 is 23.8 Å². The highest BCUT2D eigenvalue weighted by molar-refractivity contribution is 6.07. The van der Waals surface area contributed by atoms with Crippen molar-refractivity contribution in [2.45, 2.75) is 31.1 Å². The van der Waals surface area contributed by atoms with Crippen LogP contribution in [0.4, 0.5) is 4.79 Å². The number of carbonyl (C=O) groups excluding carboxylic acids is 2. The second kappa shape index (κ2) is 8.35. The number of nitrogens with zero attached hydrogens (tertiary/aromatic N) is 2. The van der Waals surface area contributed by atoms with E-state index >= 15 is 0 Å². The molecule has 1 N–H and O–H groups in total. The van der Waals surface area contributed by atoms with Gasteiger partial charge in [-0.3, -0.25) is 9.69 Å². The summed E-state index contributed by atoms with van der Waals surface area (Å²) in [7, 11) is 2.02. The molecule has 0 radical (unpaired) electrons. The first kappa shape index (κ1) is 20.6. The molecule has 2 aromatic rings. The van der Waals surface area contributed by atoms with E-state index in [1.165, 1.54) is 4.90 Å². The average molecular weight is 437 g/mol. The van der Waals surface area contributed by atoms with Gasteiger partial charge in [0.25, 0.3) is 5.91 Å². The summed E-state index contributed by atoms with van der Waals surface area (Å²) in [4.78, 5) is 29.1. The molecule has 8 heteroatoms. The van der Waals surface area contributed by atoms with Gasteiger partial charge in [-0.05, 0) is 37.6 Å². The summed E-state index contributed by atoms with van der Waals surface area (Å²) < 4.78 is 17.8. The summed E-state index contributed by atoms with van der Waals surface area (Å²) in [5.74, 6) is 1.67. The van der Waals surface area contributed by atoms with Crippen molar-refractivity contribution in [3.05, 3.63) is 54.1 Å². The summed E-state index contributed by atoms with van der Waals surface area (Å²) in [5.41, 5.74) is 0.289. The molecule has 8 nitrogen and oxygen atoms in total. The molecule has 3 aliphatic rings. The first-order chi connectivity index (χ1) is 15.5. The van der Waals surface area contributed by atoms with Crippen LogP contribution in [0.3, 0.4) is 0 Å². The third-order valence-electron chi connectivity index (χ3n) is 6.35. The smallest absolute Gasteiger partial charge is 0.325 e. The maximum absolute atomic E-state index is 13.1. The van der Waals surface area contributed by atoms with Gasteiger partial charge in [0.05, 0.1) is 6.54 Å². The number of fused-ring (bicyclic) bond motifs is 1. The van der Waals surface area contributed by atoms with Crippen molar-refractivity contribution in [2.24, 2.45) is 0 Å². The van der Waals surface area contributed by atoms with Gasteiger partial charge in [-0.2, -0.15) is 0 Å². The molecule has 0 bridgehead atoms. The van der Waals surface area contributed by atoms with Crippen LogP contribution in [0.15, 0.2) is 48.5 Å². The van der Waals surface area contributed by atoms with E-state index in [2.05, 4.69) is 10.2 Å². The highest BCUT2D eigenvalue weighted by Gasteiger charge is 2.52. The molecule has 168 valence electrons. The molecule has 2 aromatic carbocycles. The molecule has 2 saturated heterocycles. The first-order valence-electron chi connectivity index (χ1n) is 11.0. The van der Waals surface area contributed by atoms with Crippen molar-refractivity contribution >= 4 is 11.9 Å². The molecule has 3 aliphatic heterocycles. The molecule has 3 amide bonds. The number of benzene rings is 2. The predicted octanol–water partition coefficient (Wildman–Crippen LogP) is 2.42. The second-order valence-electron chi connectivity index (χ2n) is 8.66. The number of hydrogen-bond acceptors (Lipinski definition) is 6. The van der Waals surface area contributed by atoms with Crippen LogP contribution < -0.4 is 19.5 Å². The zero-order valence-electron chi connectivity index (χ0n) is 18.1. The summed E-state index contributed by atoms with van der Waals surface area (Å²) in [5, 5.41) is 2.93. The highest BCUT2D eigenvalue weighted by atomic mass is 16.6. The molecule has 0 saturated carbocycles. The summed E-state index contributed by atoms with van der Waals surface area (Å²) in [6.07, 6.45) is 0.803. The molecule has 3 heterocycles. The minimum absolute atomic E-state index is 0.150. The van der Waals surface area contributed by atoms with Gasteiger partial charge in [0.2, 0.25) is 0 Å². The zero-order valence-corrected chi connectivity index (χ0v) is 18.1. The molecular weight excluding hydrogens is 410 g/mol. The number of likely N-dealkylation sites (tertiary alicyclic amines) is 1. The van der Waals surface area contributed by atoms with Crippen LogP contribution in [0.5, 0.6) is 17.2 Å². The molecule has 0 unspecified atom stereocenters. The van der Waals surface area contributed by atoms with Gasteiger partial charge in [-0.25, -0.2) is 4.79 Å². The quantitative estimate of drug-likeness (QED) is 0.724. The normalized spacial score (nSPS) is 22.2. The Hall–Kier alpha value is -3.26. The molecule has 0 aromatic heterocycles. The summed E-state index contributed by atoms with van der Waals surface area (Å²) in [6.45, 7) is 2.43. The molecule has 0 aliphatic carbocycles. The second-order valence-corrected chi connectivity index (χ2v) is 8.66. The molecule has 1 atom stereocenters. The van der Waals surface area contributed by atoms with Crippen molar-refractivity contribution in [1.29, 1.82) is 0 Å². The largest absolute Gasteiger partial charge is 0.489 e. The fraction of sp³-hybridized carbons (Fsp3) is 0.417.